The number of aryl methyl sites for hydroxylation is 1. The third kappa shape index (κ3) is 10.2. The van der Waals surface area contributed by atoms with E-state index >= 15 is 0 Å². The number of methoxy groups -OCH3 is 6. The first-order valence-electron chi connectivity index (χ1n) is 23.1. The van der Waals surface area contributed by atoms with Crippen molar-refractivity contribution in [3.8, 4) is 46.0 Å². The predicted molar refractivity (Wildman–Crippen MR) is 281 cm³/mol. The van der Waals surface area contributed by atoms with Gasteiger partial charge in [-0.05, 0) is 6.92 Å². The average Bonchev–Trinajstić information content (AvgIpc) is 3.41. The Balaban J connectivity index is 1.63. The van der Waals surface area contributed by atoms with Gasteiger partial charge >= 0.3 is 412 Å². The van der Waals surface area contributed by atoms with Gasteiger partial charge in [-0.2, -0.15) is 0 Å². The van der Waals surface area contributed by atoms with Gasteiger partial charge in [0.1, 0.15) is 0 Å². The van der Waals surface area contributed by atoms with Crippen LogP contribution >= 0.6 is 7.26 Å². The summed E-state index contributed by atoms with van der Waals surface area (Å²) < 4.78 is 70.5. The third-order valence-electron chi connectivity index (χ3n) is 13.4. The quantitative estimate of drug-likeness (QED) is 0.0507. The van der Waals surface area contributed by atoms with Crippen LogP contribution in [0.3, 0.4) is 0 Å². The van der Waals surface area contributed by atoms with E-state index in [1.807, 2.05) is 43.3 Å². The second-order valence-electron chi connectivity index (χ2n) is 17.8. The second kappa shape index (κ2) is 22.4. The zero-order chi connectivity index (χ0) is 52.0. The van der Waals surface area contributed by atoms with Gasteiger partial charge in [-0.3, -0.25) is 0 Å². The standard InChI is InChI=1S/C57H63O13PS/c1-36-10-19-48(20-11-36)72(62,63)49-21-17-45(18-22-49)70-50-23-14-43(57(2,3)42-12-15-44(64-4)16-13-42)26-41(50)35-71(54-38(32-59)27-46(65-5)28-39(54)33-60,55-40(34-61)29-47(66-6)30-53(55)69-9)56-51(67-7)24-37(31-58)25-52(56)68-8/h10-30,58-61,71H,31-35H2,1-9H3. The molecule has 4 N–H and O–H groups in total. The second-order valence-corrected chi connectivity index (χ2v) is 23.5. The number of hydrogen-bond donors (Lipinski definition) is 4. The number of aliphatic hydroxyl groups excluding tert-OH is 4. The van der Waals surface area contributed by atoms with Gasteiger partial charge in [0.2, 0.25) is 0 Å². The molecule has 7 aromatic carbocycles. The van der Waals surface area contributed by atoms with E-state index in [1.165, 1.54) is 47.7 Å². The van der Waals surface area contributed by atoms with Crippen molar-refractivity contribution in [1.82, 2.24) is 0 Å². The Labute approximate surface area is 422 Å². The summed E-state index contributed by atoms with van der Waals surface area (Å²) in [5.74, 6) is 3.18. The molecule has 0 bridgehead atoms. The molecule has 0 saturated heterocycles. The van der Waals surface area contributed by atoms with Crippen LogP contribution in [0.1, 0.15) is 58.4 Å². The number of ether oxygens (including phenoxy) is 7. The Morgan fingerprint density at radius 2 is 0.903 bits per heavy atom. The van der Waals surface area contributed by atoms with Crippen molar-refractivity contribution in [3.05, 3.63) is 172 Å². The first-order chi connectivity index (χ1) is 34.6. The zero-order valence-corrected chi connectivity index (χ0v) is 43.8. The van der Waals surface area contributed by atoms with Crippen LogP contribution in [-0.4, -0.2) is 71.5 Å². The van der Waals surface area contributed by atoms with Gasteiger partial charge in [0.25, 0.3) is 0 Å². The topological polar surface area (TPSA) is 180 Å². The van der Waals surface area contributed by atoms with Crippen molar-refractivity contribution < 1.29 is 62.0 Å². The van der Waals surface area contributed by atoms with E-state index in [2.05, 4.69) is 19.9 Å². The molecule has 7 aromatic rings. The summed E-state index contributed by atoms with van der Waals surface area (Å²) in [6, 6.07) is 37.0. The zero-order valence-electron chi connectivity index (χ0n) is 42.0. The summed E-state index contributed by atoms with van der Waals surface area (Å²) >= 11 is 0. The van der Waals surface area contributed by atoms with Crippen molar-refractivity contribution in [2.24, 2.45) is 0 Å². The maximum absolute atomic E-state index is 13.8. The Bertz CT molecular complexity index is 2910. The summed E-state index contributed by atoms with van der Waals surface area (Å²) in [6.07, 6.45) is 0.0575. The molecule has 0 aliphatic carbocycles. The molecule has 0 aliphatic rings. The SMILES string of the molecule is COc1ccc(C(C)(C)c2ccc(Oc3ccc(S(=O)(=O)c4ccc(C)cc4)cc3)c(C[PH](c3c(CO)cc(OC)cc3CO)(c3c(CO)cc(OC)cc3OC)c3c(OC)cc(CO)cc3OC)c2)cc1. The molecule has 0 unspecified atom stereocenters. The molecule has 0 heterocycles. The molecule has 0 radical (unpaired) electrons. The van der Waals surface area contributed by atoms with Gasteiger partial charge in [0.15, 0.2) is 0 Å². The van der Waals surface area contributed by atoms with E-state index in [1.54, 1.807) is 79.9 Å². The maximum atomic E-state index is 13.8. The Kier molecular flexibility index (Phi) is 16.6. The molecule has 0 amide bonds. The van der Waals surface area contributed by atoms with Crippen LogP contribution in [0.2, 0.25) is 0 Å². The predicted octanol–water partition coefficient (Wildman–Crippen LogP) is 8.19. The van der Waals surface area contributed by atoms with Crippen molar-refractivity contribution in [2.75, 3.05) is 42.7 Å². The molecule has 7 rings (SSSR count). The summed E-state index contributed by atoms with van der Waals surface area (Å²) in [5.41, 5.74) is 4.53. The van der Waals surface area contributed by atoms with Crippen LogP contribution in [0.5, 0.6) is 46.0 Å². The molecular formula is C57H63O13PS. The fourth-order valence-corrected chi connectivity index (χ4v) is 16.9. The first kappa shape index (κ1) is 53.2. The van der Waals surface area contributed by atoms with Crippen molar-refractivity contribution >= 4 is 33.0 Å². The van der Waals surface area contributed by atoms with Crippen LogP contribution in [0, 0.1) is 6.92 Å². The molecule has 0 aromatic heterocycles. The Morgan fingerprint density at radius 1 is 0.444 bits per heavy atom. The van der Waals surface area contributed by atoms with Gasteiger partial charge in [0.05, 0.1) is 0 Å². The fraction of sp³-hybridized carbons (Fsp3) is 0.263. The Hall–Kier alpha value is -6.64. The number of benzene rings is 7. The number of aliphatic hydroxyl groups is 4. The van der Waals surface area contributed by atoms with Crippen LogP contribution in [-0.2, 0) is 47.8 Å². The van der Waals surface area contributed by atoms with Gasteiger partial charge in [-0.25, -0.2) is 0 Å². The minimum atomic E-state index is -4.29. The minimum absolute atomic E-state index is 0.0575. The number of hydrogen-bond acceptors (Lipinski definition) is 13. The van der Waals surface area contributed by atoms with Crippen LogP contribution < -0.4 is 49.1 Å². The third-order valence-corrected chi connectivity index (χ3v) is 20.4. The summed E-state index contributed by atoms with van der Waals surface area (Å²) in [6.45, 7) is 4.25. The van der Waals surface area contributed by atoms with Gasteiger partial charge < -0.3 is 0 Å². The van der Waals surface area contributed by atoms with E-state index in [0.717, 1.165) is 16.7 Å². The van der Waals surface area contributed by atoms with Gasteiger partial charge in [-0.15, -0.1) is 0 Å². The summed E-state index contributed by atoms with van der Waals surface area (Å²) in [4.78, 5) is 0.251. The Morgan fingerprint density at radius 3 is 1.39 bits per heavy atom. The van der Waals surface area contributed by atoms with Crippen LogP contribution in [0.4, 0.5) is 0 Å². The fourth-order valence-electron chi connectivity index (χ4n) is 9.64. The molecule has 13 nitrogen and oxygen atoms in total. The van der Waals surface area contributed by atoms with Crippen molar-refractivity contribution in [1.29, 1.82) is 0 Å². The van der Waals surface area contributed by atoms with Gasteiger partial charge in [-0.1, -0.05) is 5.56 Å². The summed E-state index contributed by atoms with van der Waals surface area (Å²) in [5, 5.41) is 47.0. The molecule has 0 spiro atoms. The van der Waals surface area contributed by atoms with Crippen molar-refractivity contribution in [3.63, 3.8) is 0 Å². The van der Waals surface area contributed by atoms with Crippen molar-refractivity contribution in [2.45, 2.75) is 68.6 Å². The van der Waals surface area contributed by atoms with E-state index < -0.39 is 42.3 Å². The van der Waals surface area contributed by atoms with E-state index in [9.17, 15) is 28.8 Å². The molecule has 0 atom stereocenters. The van der Waals surface area contributed by atoms with E-state index in [0.29, 0.717) is 89.7 Å². The molecule has 72 heavy (non-hydrogen) atoms. The molecule has 0 fully saturated rings. The summed E-state index contributed by atoms with van der Waals surface area (Å²) in [7, 11) is 1.03. The monoisotopic (exact) mass is 1020 g/mol. The molecule has 0 saturated carbocycles. The molecule has 380 valence electrons. The number of rotatable bonds is 21. The first-order valence-corrected chi connectivity index (χ1v) is 26.8. The molecule has 0 aliphatic heterocycles. The van der Waals surface area contributed by atoms with E-state index in [-0.39, 0.29) is 22.6 Å². The number of sulfone groups is 1. The molecular weight excluding hydrogens is 956 g/mol. The van der Waals surface area contributed by atoms with E-state index in [4.69, 9.17) is 33.2 Å². The van der Waals surface area contributed by atoms with Crippen LogP contribution in [0.25, 0.3) is 0 Å². The molecule has 15 heteroatoms. The van der Waals surface area contributed by atoms with Crippen LogP contribution in [0.15, 0.2) is 137 Å². The normalized spacial score (nSPS) is 12.0. The van der Waals surface area contributed by atoms with Gasteiger partial charge in [0, 0.05) is 0 Å². The average molecular weight is 1020 g/mol.